The normalized spacial score (nSPS) is 9.33. The first-order valence-corrected chi connectivity index (χ1v) is 5.49. The van der Waals surface area contributed by atoms with Gasteiger partial charge in [0, 0.05) is 0 Å². The first-order chi connectivity index (χ1) is 8.74. The molecule has 4 heteroatoms. The third-order valence-corrected chi connectivity index (χ3v) is 2.56. The van der Waals surface area contributed by atoms with Gasteiger partial charge in [-0.25, -0.2) is 0 Å². The van der Waals surface area contributed by atoms with Crippen molar-refractivity contribution < 1.29 is 9.59 Å². The molecule has 0 heterocycles. The van der Waals surface area contributed by atoms with Crippen LogP contribution in [0.5, 0.6) is 0 Å². The van der Waals surface area contributed by atoms with Crippen LogP contribution in [0.15, 0.2) is 49.8 Å². The van der Waals surface area contributed by atoms with Crippen molar-refractivity contribution in [2.75, 3.05) is 0 Å². The Balaban J connectivity index is 2.91. The molecule has 0 atom stereocenters. The molecule has 1 aromatic rings. The molecule has 0 aliphatic rings. The summed E-state index contributed by atoms with van der Waals surface area (Å²) in [6.45, 7) is 8.00. The fourth-order valence-electron chi connectivity index (χ4n) is 1.55. The van der Waals surface area contributed by atoms with Gasteiger partial charge in [0.1, 0.15) is 0 Å². The number of hydrogen-bond acceptors (Lipinski definition) is 2. The number of carbonyl (C=O) groups excluding carboxylic acids is 2. The van der Waals surface area contributed by atoms with Crippen molar-refractivity contribution in [3.63, 3.8) is 0 Å². The molecule has 1 rings (SSSR count). The van der Waals surface area contributed by atoms with Gasteiger partial charge in [-0.2, -0.15) is 0 Å². The molecule has 4 nitrogen and oxygen atoms in total. The van der Waals surface area contributed by atoms with Crippen molar-refractivity contribution in [1.82, 2.24) is 9.80 Å². The van der Waals surface area contributed by atoms with Crippen LogP contribution in [0.2, 0.25) is 0 Å². The second-order valence-electron chi connectivity index (χ2n) is 3.69. The van der Waals surface area contributed by atoms with Crippen LogP contribution in [0.4, 0.5) is 0 Å². The van der Waals surface area contributed by atoms with Gasteiger partial charge in [0.2, 0.25) is 12.8 Å². The van der Waals surface area contributed by atoms with E-state index in [1.54, 1.807) is 0 Å². The number of amides is 2. The maximum absolute atomic E-state index is 10.8. The summed E-state index contributed by atoms with van der Waals surface area (Å²) in [4.78, 5) is 24.4. The average Bonchev–Trinajstić information content (AvgIpc) is 2.43. The van der Waals surface area contributed by atoms with Gasteiger partial charge >= 0.3 is 0 Å². The van der Waals surface area contributed by atoms with Gasteiger partial charge in [0.15, 0.2) is 0 Å². The van der Waals surface area contributed by atoms with E-state index in [-0.39, 0.29) is 0 Å². The summed E-state index contributed by atoms with van der Waals surface area (Å²) in [6.07, 6.45) is 4.37. The Morgan fingerprint density at radius 2 is 1.28 bits per heavy atom. The molecular weight excluding hydrogens is 228 g/mol. The highest BCUT2D eigenvalue weighted by atomic mass is 16.1. The highest BCUT2D eigenvalue weighted by Crippen LogP contribution is 2.13. The molecule has 0 saturated carbocycles. The van der Waals surface area contributed by atoms with Crippen LogP contribution in [-0.2, 0) is 22.7 Å². The number of hydrogen-bond donors (Lipinski definition) is 0. The van der Waals surface area contributed by atoms with Crippen LogP contribution < -0.4 is 0 Å². The van der Waals surface area contributed by atoms with E-state index in [9.17, 15) is 9.59 Å². The minimum Gasteiger partial charge on any atom is -0.318 e. The fourth-order valence-corrected chi connectivity index (χ4v) is 1.55. The summed E-state index contributed by atoms with van der Waals surface area (Å²) in [6, 6.07) is 7.62. The van der Waals surface area contributed by atoms with E-state index < -0.39 is 0 Å². The quantitative estimate of drug-likeness (QED) is 0.655. The van der Waals surface area contributed by atoms with Crippen molar-refractivity contribution in [2.24, 2.45) is 0 Å². The van der Waals surface area contributed by atoms with Crippen molar-refractivity contribution in [2.45, 2.75) is 13.1 Å². The van der Waals surface area contributed by atoms with Crippen molar-refractivity contribution >= 4 is 12.8 Å². The fraction of sp³-hybridized carbons (Fsp3) is 0.143. The summed E-state index contributed by atoms with van der Waals surface area (Å²) in [5, 5.41) is 0. The molecule has 0 aliphatic carbocycles. The number of rotatable bonds is 8. The highest BCUT2D eigenvalue weighted by Gasteiger charge is 2.07. The van der Waals surface area contributed by atoms with E-state index in [1.165, 1.54) is 22.2 Å². The van der Waals surface area contributed by atoms with Gasteiger partial charge in [-0.3, -0.25) is 9.59 Å². The summed E-state index contributed by atoms with van der Waals surface area (Å²) in [5.74, 6) is 0. The lowest BCUT2D eigenvalue weighted by Crippen LogP contribution is -2.18. The predicted octanol–water partition coefficient (Wildman–Crippen LogP) is 1.89. The predicted molar refractivity (Wildman–Crippen MR) is 70.1 cm³/mol. The molecule has 0 aromatic heterocycles. The van der Waals surface area contributed by atoms with Crippen LogP contribution in [0.1, 0.15) is 11.1 Å². The average molecular weight is 244 g/mol. The Hall–Kier alpha value is -2.36. The Bertz CT molecular complexity index is 386. The van der Waals surface area contributed by atoms with E-state index in [1.807, 2.05) is 24.3 Å². The molecule has 0 bridgehead atoms. The lowest BCUT2D eigenvalue weighted by molar-refractivity contribution is -0.117. The Morgan fingerprint density at radius 1 is 0.889 bits per heavy atom. The Kier molecular flexibility index (Phi) is 5.38. The number of carbonyl (C=O) groups is 2. The van der Waals surface area contributed by atoms with Gasteiger partial charge in [0.05, 0.1) is 13.1 Å². The third kappa shape index (κ3) is 3.59. The Morgan fingerprint density at radius 3 is 1.56 bits per heavy atom. The van der Waals surface area contributed by atoms with Gasteiger partial charge in [-0.1, -0.05) is 37.4 Å². The molecule has 0 radical (unpaired) electrons. The molecule has 18 heavy (non-hydrogen) atoms. The SMILES string of the molecule is C=CN(C=O)Cc1ccccc1CN(C=C)C=O. The number of nitrogens with zero attached hydrogens (tertiary/aromatic N) is 2. The topological polar surface area (TPSA) is 40.6 Å². The molecule has 0 saturated heterocycles. The Labute approximate surface area is 107 Å². The van der Waals surface area contributed by atoms with Gasteiger partial charge < -0.3 is 9.80 Å². The van der Waals surface area contributed by atoms with Crippen molar-refractivity contribution in [1.29, 1.82) is 0 Å². The van der Waals surface area contributed by atoms with Crippen LogP contribution in [0.25, 0.3) is 0 Å². The van der Waals surface area contributed by atoms with E-state index in [0.717, 1.165) is 23.9 Å². The smallest absolute Gasteiger partial charge is 0.213 e. The lowest BCUT2D eigenvalue weighted by Gasteiger charge is -2.18. The molecule has 0 aliphatic heterocycles. The maximum Gasteiger partial charge on any atom is 0.213 e. The van der Waals surface area contributed by atoms with E-state index in [4.69, 9.17) is 0 Å². The molecule has 0 spiro atoms. The maximum atomic E-state index is 10.8. The van der Waals surface area contributed by atoms with E-state index in [0.29, 0.717) is 13.1 Å². The molecular formula is C14H16N2O2. The monoisotopic (exact) mass is 244 g/mol. The zero-order valence-corrected chi connectivity index (χ0v) is 10.2. The van der Waals surface area contributed by atoms with Crippen LogP contribution in [0, 0.1) is 0 Å². The molecule has 0 fully saturated rings. The summed E-state index contributed by atoms with van der Waals surface area (Å²) < 4.78 is 0. The minimum absolute atomic E-state index is 0.438. The van der Waals surface area contributed by atoms with Crippen molar-refractivity contribution in [3.05, 3.63) is 61.0 Å². The van der Waals surface area contributed by atoms with Crippen LogP contribution in [-0.4, -0.2) is 22.6 Å². The van der Waals surface area contributed by atoms with Crippen LogP contribution >= 0.6 is 0 Å². The zero-order chi connectivity index (χ0) is 13.4. The van der Waals surface area contributed by atoms with Gasteiger partial charge in [0.25, 0.3) is 0 Å². The lowest BCUT2D eigenvalue weighted by atomic mass is 10.1. The largest absolute Gasteiger partial charge is 0.318 e. The van der Waals surface area contributed by atoms with Gasteiger partial charge in [-0.15, -0.1) is 0 Å². The highest BCUT2D eigenvalue weighted by molar-refractivity contribution is 5.51. The molecule has 94 valence electrons. The van der Waals surface area contributed by atoms with E-state index >= 15 is 0 Å². The summed E-state index contributed by atoms with van der Waals surface area (Å²) >= 11 is 0. The molecule has 0 unspecified atom stereocenters. The molecule has 1 aromatic carbocycles. The second kappa shape index (κ2) is 7.06. The standard InChI is InChI=1S/C14H16N2O2/c1-3-15(11-17)9-13-7-5-6-8-14(13)10-16(4-2)12-18/h3-8,11-12H,1-2,9-10H2. The number of benzene rings is 1. The third-order valence-electron chi connectivity index (χ3n) is 2.56. The summed E-state index contributed by atoms with van der Waals surface area (Å²) in [7, 11) is 0. The zero-order valence-electron chi connectivity index (χ0n) is 10.2. The molecule has 2 amide bonds. The van der Waals surface area contributed by atoms with Gasteiger partial charge in [-0.05, 0) is 23.5 Å². The summed E-state index contributed by atoms with van der Waals surface area (Å²) in [5.41, 5.74) is 1.94. The first-order valence-electron chi connectivity index (χ1n) is 5.49. The first kappa shape index (κ1) is 13.7. The van der Waals surface area contributed by atoms with E-state index in [2.05, 4.69) is 13.2 Å². The minimum atomic E-state index is 0.438. The second-order valence-corrected chi connectivity index (χ2v) is 3.69. The van der Waals surface area contributed by atoms with Crippen LogP contribution in [0.3, 0.4) is 0 Å². The molecule has 0 N–H and O–H groups in total. The van der Waals surface area contributed by atoms with Crippen molar-refractivity contribution in [3.8, 4) is 0 Å².